The predicted molar refractivity (Wildman–Crippen MR) is 74.1 cm³/mol. The Balaban J connectivity index is 3.26. The number of ether oxygens (including phenoxy) is 1. The van der Waals surface area contributed by atoms with E-state index in [4.69, 9.17) is 4.74 Å². The molecule has 1 nitrogen and oxygen atoms in total. The minimum Gasteiger partial charge on any atom is -0.496 e. The van der Waals surface area contributed by atoms with Crippen molar-refractivity contribution in [1.29, 1.82) is 0 Å². The van der Waals surface area contributed by atoms with Gasteiger partial charge in [0.1, 0.15) is 5.75 Å². The summed E-state index contributed by atoms with van der Waals surface area (Å²) in [5, 5.41) is 2.09. The minimum absolute atomic E-state index is 0.900. The summed E-state index contributed by atoms with van der Waals surface area (Å²) >= 11 is 1.67. The van der Waals surface area contributed by atoms with Crippen molar-refractivity contribution < 1.29 is 4.74 Å². The van der Waals surface area contributed by atoms with Crippen LogP contribution in [0, 0.1) is 0 Å². The molecular formula is C14H18OS. The molecule has 16 heavy (non-hydrogen) atoms. The van der Waals surface area contributed by atoms with Gasteiger partial charge in [0.25, 0.3) is 0 Å². The fraction of sp³-hybridized carbons (Fsp3) is 0.286. The second-order valence-electron chi connectivity index (χ2n) is 3.40. The summed E-state index contributed by atoms with van der Waals surface area (Å²) in [4.78, 5) is 0. The number of thioether (sulfide) groups is 1. The Morgan fingerprint density at radius 3 is 2.75 bits per heavy atom. The normalized spacial score (nSPS) is 11.3. The molecule has 1 rings (SSSR count). The topological polar surface area (TPSA) is 9.23 Å². The molecule has 0 atom stereocenters. The zero-order chi connectivity index (χ0) is 12.0. The van der Waals surface area contributed by atoms with Gasteiger partial charge in [-0.2, -0.15) is 0 Å². The fourth-order valence-electron chi connectivity index (χ4n) is 1.55. The van der Waals surface area contributed by atoms with E-state index in [9.17, 15) is 0 Å². The van der Waals surface area contributed by atoms with Crippen LogP contribution in [0.2, 0.25) is 0 Å². The molecule has 0 spiro atoms. The molecule has 0 saturated heterocycles. The lowest BCUT2D eigenvalue weighted by atomic mass is 10.0. The summed E-state index contributed by atoms with van der Waals surface area (Å²) in [6.07, 6.45) is 4.94. The molecule has 0 aliphatic heterocycles. The van der Waals surface area contributed by atoms with Crippen LogP contribution in [0.1, 0.15) is 18.1 Å². The van der Waals surface area contributed by atoms with E-state index in [0.29, 0.717) is 0 Å². The molecule has 0 radical (unpaired) electrons. The lowest BCUT2D eigenvalue weighted by Crippen LogP contribution is -1.92. The van der Waals surface area contributed by atoms with E-state index in [0.717, 1.165) is 23.3 Å². The lowest BCUT2D eigenvalue weighted by Gasteiger charge is -2.10. The molecule has 0 unspecified atom stereocenters. The summed E-state index contributed by atoms with van der Waals surface area (Å²) in [6, 6.07) is 6.29. The molecule has 2 heteroatoms. The van der Waals surface area contributed by atoms with Crippen molar-refractivity contribution in [1.82, 2.24) is 0 Å². The lowest BCUT2D eigenvalue weighted by molar-refractivity contribution is 0.413. The van der Waals surface area contributed by atoms with E-state index in [-0.39, 0.29) is 0 Å². The maximum Gasteiger partial charge on any atom is 0.126 e. The molecule has 0 saturated carbocycles. The van der Waals surface area contributed by atoms with Crippen molar-refractivity contribution in [2.24, 2.45) is 0 Å². The summed E-state index contributed by atoms with van der Waals surface area (Å²) in [5.74, 6) is 0.900. The monoisotopic (exact) mass is 234 g/mol. The molecule has 1 aromatic carbocycles. The molecule has 0 heterocycles. The third kappa shape index (κ3) is 2.92. The zero-order valence-electron chi connectivity index (χ0n) is 10.1. The Hall–Kier alpha value is -1.15. The van der Waals surface area contributed by atoms with E-state index in [1.165, 1.54) is 5.56 Å². The van der Waals surface area contributed by atoms with Crippen LogP contribution in [-0.2, 0) is 6.42 Å². The first-order valence-electron chi connectivity index (χ1n) is 5.29. The molecule has 0 aliphatic rings. The van der Waals surface area contributed by atoms with Crippen LogP contribution < -0.4 is 4.74 Å². The Bertz CT molecular complexity index is 394. The average molecular weight is 234 g/mol. The quantitative estimate of drug-likeness (QED) is 0.708. The van der Waals surface area contributed by atoms with Crippen LogP contribution in [0.25, 0.3) is 5.57 Å². The Morgan fingerprint density at radius 2 is 2.25 bits per heavy atom. The summed E-state index contributed by atoms with van der Waals surface area (Å²) < 4.78 is 5.38. The summed E-state index contributed by atoms with van der Waals surface area (Å²) in [7, 11) is 1.70. The number of methoxy groups -OCH3 is 1. The van der Waals surface area contributed by atoms with Gasteiger partial charge in [-0.3, -0.25) is 0 Å². The standard InChI is InChI=1S/C14H18OS/c1-5-11-7-8-14(15-3)13(9-11)12(6-2)10-16-4/h6-10H,2,5H2,1,3-4H3/b12-10+. The number of allylic oxidation sites excluding steroid dienone is 2. The molecule has 0 N–H and O–H groups in total. The SMILES string of the molecule is C=C/C(=C\SC)c1cc(CC)ccc1OC. The molecule has 86 valence electrons. The number of benzene rings is 1. The number of rotatable bonds is 5. The zero-order valence-corrected chi connectivity index (χ0v) is 10.9. The first-order valence-corrected chi connectivity index (χ1v) is 6.58. The second-order valence-corrected chi connectivity index (χ2v) is 4.11. The molecular weight excluding hydrogens is 216 g/mol. The second kappa shape index (κ2) is 6.44. The van der Waals surface area contributed by atoms with E-state index < -0.39 is 0 Å². The van der Waals surface area contributed by atoms with Crippen molar-refractivity contribution in [3.05, 3.63) is 47.4 Å². The van der Waals surface area contributed by atoms with E-state index in [1.807, 2.05) is 18.4 Å². The van der Waals surface area contributed by atoms with Crippen molar-refractivity contribution in [3.8, 4) is 5.75 Å². The number of hydrogen-bond donors (Lipinski definition) is 0. The maximum absolute atomic E-state index is 5.38. The highest BCUT2D eigenvalue weighted by Gasteiger charge is 2.06. The largest absolute Gasteiger partial charge is 0.496 e. The van der Waals surface area contributed by atoms with Crippen LogP contribution in [0.4, 0.5) is 0 Å². The molecule has 0 fully saturated rings. The first-order chi connectivity index (χ1) is 7.76. The highest BCUT2D eigenvalue weighted by molar-refractivity contribution is 8.01. The van der Waals surface area contributed by atoms with Gasteiger partial charge >= 0.3 is 0 Å². The van der Waals surface area contributed by atoms with Gasteiger partial charge in [-0.25, -0.2) is 0 Å². The highest BCUT2D eigenvalue weighted by atomic mass is 32.2. The molecule has 0 aliphatic carbocycles. The molecule has 0 aromatic heterocycles. The first kappa shape index (κ1) is 12.9. The third-order valence-corrected chi connectivity index (χ3v) is 2.94. The van der Waals surface area contributed by atoms with E-state index >= 15 is 0 Å². The molecule has 0 bridgehead atoms. The van der Waals surface area contributed by atoms with E-state index in [1.54, 1.807) is 18.9 Å². The van der Waals surface area contributed by atoms with Gasteiger partial charge in [0.05, 0.1) is 7.11 Å². The van der Waals surface area contributed by atoms with Crippen molar-refractivity contribution in [2.45, 2.75) is 13.3 Å². The van der Waals surface area contributed by atoms with Crippen LogP contribution in [-0.4, -0.2) is 13.4 Å². The van der Waals surface area contributed by atoms with Gasteiger partial charge in [0.2, 0.25) is 0 Å². The predicted octanol–water partition coefficient (Wildman–Crippen LogP) is 4.15. The third-order valence-electron chi connectivity index (χ3n) is 2.45. The van der Waals surface area contributed by atoms with Gasteiger partial charge < -0.3 is 4.74 Å². The Labute approximate surface area is 102 Å². The number of aryl methyl sites for hydroxylation is 1. The van der Waals surface area contributed by atoms with Crippen LogP contribution in [0.15, 0.2) is 36.3 Å². The van der Waals surface area contributed by atoms with Crippen LogP contribution >= 0.6 is 11.8 Å². The number of hydrogen-bond acceptors (Lipinski definition) is 2. The summed E-state index contributed by atoms with van der Waals surface area (Å²) in [5.41, 5.74) is 3.54. The summed E-state index contributed by atoms with van der Waals surface area (Å²) in [6.45, 7) is 6.00. The van der Waals surface area contributed by atoms with E-state index in [2.05, 4.69) is 31.0 Å². The van der Waals surface area contributed by atoms with Crippen molar-refractivity contribution >= 4 is 17.3 Å². The van der Waals surface area contributed by atoms with Gasteiger partial charge in [0.15, 0.2) is 0 Å². The van der Waals surface area contributed by atoms with Gasteiger partial charge in [-0.15, -0.1) is 11.8 Å². The average Bonchev–Trinajstić information content (AvgIpc) is 2.35. The Kier molecular flexibility index (Phi) is 5.20. The van der Waals surface area contributed by atoms with Crippen LogP contribution in [0.5, 0.6) is 5.75 Å². The highest BCUT2D eigenvalue weighted by Crippen LogP contribution is 2.29. The van der Waals surface area contributed by atoms with Gasteiger partial charge in [-0.05, 0) is 41.4 Å². The Morgan fingerprint density at radius 1 is 1.50 bits per heavy atom. The smallest absolute Gasteiger partial charge is 0.126 e. The minimum atomic E-state index is 0.900. The van der Waals surface area contributed by atoms with Crippen molar-refractivity contribution in [3.63, 3.8) is 0 Å². The van der Waals surface area contributed by atoms with Gasteiger partial charge in [-0.1, -0.05) is 25.6 Å². The molecule has 1 aromatic rings. The van der Waals surface area contributed by atoms with Crippen LogP contribution in [0.3, 0.4) is 0 Å². The maximum atomic E-state index is 5.38. The van der Waals surface area contributed by atoms with Gasteiger partial charge in [0, 0.05) is 5.56 Å². The fourth-order valence-corrected chi connectivity index (χ4v) is 2.03. The molecule has 0 amide bonds. The van der Waals surface area contributed by atoms with Crippen molar-refractivity contribution in [2.75, 3.05) is 13.4 Å².